The lowest BCUT2D eigenvalue weighted by molar-refractivity contribution is 0.399. The first-order valence-electron chi connectivity index (χ1n) is 20.1. The molecule has 1 aliphatic rings. The van der Waals surface area contributed by atoms with E-state index in [4.69, 9.17) is 35.7 Å². The summed E-state index contributed by atoms with van der Waals surface area (Å²) < 4.78 is 0. The van der Waals surface area contributed by atoms with Gasteiger partial charge in [-0.05, 0) is 0 Å². The minimum Gasteiger partial charge on any atom is -0.400 e. The molecule has 48 heavy (non-hydrogen) atoms. The molecule has 1 rings (SSSR count). The van der Waals surface area contributed by atoms with Crippen molar-refractivity contribution in [3.05, 3.63) is 0 Å². The molecule has 0 spiro atoms. The molecule has 0 radical (unpaired) electrons. The molecular weight excluding hydrogens is 604 g/mol. The Morgan fingerprint density at radius 1 is 0.104 bits per heavy atom. The predicted octanol–water partition coefficient (Wildman–Crippen LogP) is 10.5. The number of aliphatic hydroxyl groups is 7. The molecule has 0 aromatic carbocycles. The summed E-state index contributed by atoms with van der Waals surface area (Å²) in [5, 5.41) is 49.0. The Labute approximate surface area is 303 Å². The van der Waals surface area contributed by atoms with Crippen molar-refractivity contribution in [1.82, 2.24) is 0 Å². The van der Waals surface area contributed by atoms with Gasteiger partial charge in [0.05, 0.1) is 0 Å². The van der Waals surface area contributed by atoms with Crippen molar-refractivity contribution in [2.24, 2.45) is 0 Å². The van der Waals surface area contributed by atoms with Crippen LogP contribution in [0.3, 0.4) is 0 Å². The third-order valence-electron chi connectivity index (χ3n) is 8.50. The largest absolute Gasteiger partial charge is 0.400 e. The SMILES string of the molecule is C1CCCCCCCCCCCCCCCCCCCCCCCCCCCCCCCCC1.CO.CO.CO.CO.CO.CO.CO. The molecule has 1 saturated carbocycles. The Morgan fingerprint density at radius 3 is 0.146 bits per heavy atom. The lowest BCUT2D eigenvalue weighted by Gasteiger charge is -2.05. The highest BCUT2D eigenvalue weighted by atomic mass is 16.2. The van der Waals surface area contributed by atoms with E-state index in [1.54, 1.807) is 0 Å². The molecule has 7 N–H and O–H groups in total. The van der Waals surface area contributed by atoms with Crippen LogP contribution in [-0.2, 0) is 0 Å². The normalized spacial score (nSPS) is 17.9. The van der Waals surface area contributed by atoms with Crippen LogP contribution < -0.4 is 0 Å². The van der Waals surface area contributed by atoms with E-state index in [9.17, 15) is 0 Å². The lowest BCUT2D eigenvalue weighted by Crippen LogP contribution is -1.85. The van der Waals surface area contributed by atoms with Crippen molar-refractivity contribution in [1.29, 1.82) is 0 Å². The second-order valence-electron chi connectivity index (χ2n) is 12.0. The first-order valence-corrected chi connectivity index (χ1v) is 20.1. The maximum atomic E-state index is 7.00. The molecule has 0 saturated heterocycles. The van der Waals surface area contributed by atoms with Gasteiger partial charge in [0.25, 0.3) is 0 Å². The molecule has 1 fully saturated rings. The second-order valence-corrected chi connectivity index (χ2v) is 12.0. The van der Waals surface area contributed by atoms with Crippen LogP contribution in [0, 0.1) is 0 Å². The molecule has 0 aromatic heterocycles. The molecule has 0 aliphatic heterocycles. The van der Waals surface area contributed by atoms with E-state index >= 15 is 0 Å². The molecule has 0 aromatic rings. The van der Waals surface area contributed by atoms with Crippen molar-refractivity contribution in [3.8, 4) is 0 Å². The van der Waals surface area contributed by atoms with Gasteiger partial charge < -0.3 is 35.7 Å². The third kappa shape index (κ3) is 80.4. The van der Waals surface area contributed by atoms with E-state index in [0.717, 1.165) is 49.8 Å². The van der Waals surface area contributed by atoms with Gasteiger partial charge in [0, 0.05) is 49.8 Å². The minimum atomic E-state index is 1.00. The molecule has 302 valence electrons. The molecular formula is C41H96O7. The van der Waals surface area contributed by atoms with Crippen molar-refractivity contribution < 1.29 is 35.7 Å². The van der Waals surface area contributed by atoms with Gasteiger partial charge in [-0.15, -0.1) is 0 Å². The average molecular weight is 701 g/mol. The maximum absolute atomic E-state index is 7.00. The zero-order valence-electron chi connectivity index (χ0n) is 34.2. The summed E-state index contributed by atoms with van der Waals surface area (Å²) in [5.41, 5.74) is 0. The van der Waals surface area contributed by atoms with Crippen LogP contribution in [0.25, 0.3) is 0 Å². The van der Waals surface area contributed by atoms with Crippen molar-refractivity contribution in [3.63, 3.8) is 0 Å². The number of hydrogen-bond acceptors (Lipinski definition) is 7. The standard InChI is InChI=1S/C34H68.7CH4O/c1-2-4-6-8-10-12-14-16-18-20-22-24-26-28-30-32-34-33-31-29-27-25-23-21-19-17-15-13-11-9-7-5-3-1;7*1-2/h1-34H2;7*2H,1H3. The van der Waals surface area contributed by atoms with E-state index in [2.05, 4.69) is 0 Å². The van der Waals surface area contributed by atoms with Crippen LogP contribution in [0.5, 0.6) is 0 Å². The predicted molar refractivity (Wildman–Crippen MR) is 214 cm³/mol. The summed E-state index contributed by atoms with van der Waals surface area (Å²) in [6.07, 6.45) is 51.0. The van der Waals surface area contributed by atoms with E-state index in [-0.39, 0.29) is 0 Å². The third-order valence-corrected chi connectivity index (χ3v) is 8.50. The van der Waals surface area contributed by atoms with Crippen LogP contribution >= 0.6 is 0 Å². The van der Waals surface area contributed by atoms with Crippen molar-refractivity contribution in [2.75, 3.05) is 49.8 Å². The topological polar surface area (TPSA) is 142 Å². The second kappa shape index (κ2) is 85.9. The Morgan fingerprint density at radius 2 is 0.125 bits per heavy atom. The van der Waals surface area contributed by atoms with Crippen molar-refractivity contribution >= 4 is 0 Å². The Bertz CT molecular complexity index is 202. The summed E-state index contributed by atoms with van der Waals surface area (Å²) in [4.78, 5) is 0. The number of aliphatic hydroxyl groups excluding tert-OH is 7. The van der Waals surface area contributed by atoms with E-state index in [1.165, 1.54) is 218 Å². The van der Waals surface area contributed by atoms with E-state index in [1.807, 2.05) is 0 Å². The Hall–Kier alpha value is -0.280. The quantitative estimate of drug-likeness (QED) is 0.133. The van der Waals surface area contributed by atoms with Gasteiger partial charge in [0.2, 0.25) is 0 Å². The summed E-state index contributed by atoms with van der Waals surface area (Å²) in [7, 11) is 7.00. The molecule has 0 atom stereocenters. The molecule has 1 aliphatic carbocycles. The number of hydrogen-bond donors (Lipinski definition) is 7. The molecule has 7 nitrogen and oxygen atoms in total. The van der Waals surface area contributed by atoms with E-state index < -0.39 is 0 Å². The summed E-state index contributed by atoms with van der Waals surface area (Å²) in [6, 6.07) is 0. The Balaban J connectivity index is -0.000000212. The zero-order chi connectivity index (χ0) is 38.0. The minimum absolute atomic E-state index is 1.00. The maximum Gasteiger partial charge on any atom is 0.0319 e. The number of rotatable bonds is 0. The molecule has 0 heterocycles. The van der Waals surface area contributed by atoms with Gasteiger partial charge in [0.1, 0.15) is 0 Å². The summed E-state index contributed by atoms with van der Waals surface area (Å²) in [6.45, 7) is 0. The van der Waals surface area contributed by atoms with Gasteiger partial charge in [-0.3, -0.25) is 0 Å². The lowest BCUT2D eigenvalue weighted by atomic mass is 10.0. The highest BCUT2D eigenvalue weighted by Crippen LogP contribution is 2.18. The Kier molecular flexibility index (Phi) is 112. The molecule has 7 heteroatoms. The monoisotopic (exact) mass is 701 g/mol. The van der Waals surface area contributed by atoms with Gasteiger partial charge in [-0.1, -0.05) is 218 Å². The average Bonchev–Trinajstić information content (AvgIpc) is 3.18. The van der Waals surface area contributed by atoms with Gasteiger partial charge >= 0.3 is 0 Å². The van der Waals surface area contributed by atoms with Gasteiger partial charge in [-0.2, -0.15) is 0 Å². The highest BCUT2D eigenvalue weighted by Gasteiger charge is 1.98. The fraction of sp³-hybridized carbons (Fsp3) is 1.00. The molecule has 0 bridgehead atoms. The smallest absolute Gasteiger partial charge is 0.0319 e. The van der Waals surface area contributed by atoms with Gasteiger partial charge in [-0.25, -0.2) is 0 Å². The van der Waals surface area contributed by atoms with Crippen LogP contribution in [-0.4, -0.2) is 85.5 Å². The van der Waals surface area contributed by atoms with E-state index in [0.29, 0.717) is 0 Å². The van der Waals surface area contributed by atoms with Crippen LogP contribution in [0.1, 0.15) is 218 Å². The van der Waals surface area contributed by atoms with Crippen LogP contribution in [0.2, 0.25) is 0 Å². The van der Waals surface area contributed by atoms with Crippen LogP contribution in [0.15, 0.2) is 0 Å². The first kappa shape index (κ1) is 62.8. The first-order chi connectivity index (χ1) is 24.0. The fourth-order valence-corrected chi connectivity index (χ4v) is 6.01. The van der Waals surface area contributed by atoms with Crippen molar-refractivity contribution in [2.45, 2.75) is 218 Å². The zero-order valence-corrected chi connectivity index (χ0v) is 34.2. The molecule has 0 amide bonds. The van der Waals surface area contributed by atoms with Gasteiger partial charge in [0.15, 0.2) is 0 Å². The van der Waals surface area contributed by atoms with Crippen LogP contribution in [0.4, 0.5) is 0 Å². The fourth-order valence-electron chi connectivity index (χ4n) is 6.01. The highest BCUT2D eigenvalue weighted by molar-refractivity contribution is 4.53. The molecule has 0 unspecified atom stereocenters. The summed E-state index contributed by atoms with van der Waals surface area (Å²) >= 11 is 0. The summed E-state index contributed by atoms with van der Waals surface area (Å²) in [5.74, 6) is 0.